The van der Waals surface area contributed by atoms with E-state index in [1.165, 1.54) is 6.07 Å². The summed E-state index contributed by atoms with van der Waals surface area (Å²) in [5.74, 6) is 0.787. The van der Waals surface area contributed by atoms with Crippen LogP contribution in [0.2, 0.25) is 0 Å². The van der Waals surface area contributed by atoms with Gasteiger partial charge >= 0.3 is 0 Å². The monoisotopic (exact) mass is 342 g/mol. The molecule has 0 radical (unpaired) electrons. The summed E-state index contributed by atoms with van der Waals surface area (Å²) < 4.78 is 19.6. The van der Waals surface area contributed by atoms with Gasteiger partial charge in [-0.05, 0) is 51.3 Å². The molecule has 0 saturated heterocycles. The second-order valence-corrected chi connectivity index (χ2v) is 5.34. The van der Waals surface area contributed by atoms with Gasteiger partial charge in [0.2, 0.25) is 0 Å². The molecular formula is C18H12BrFO. The van der Waals surface area contributed by atoms with Gasteiger partial charge in [0.15, 0.2) is 0 Å². The average Bonchev–Trinajstić information content (AvgIpc) is 2.53. The normalized spacial score (nSPS) is 10.4. The SMILES string of the molecule is Fc1cccc(Oc2cccc(-c3ccccc3)c2)c1Br. The quantitative estimate of drug-likeness (QED) is 0.563. The fourth-order valence-electron chi connectivity index (χ4n) is 2.06. The Morgan fingerprint density at radius 3 is 2.29 bits per heavy atom. The summed E-state index contributed by atoms with van der Waals surface area (Å²) in [6.45, 7) is 0. The largest absolute Gasteiger partial charge is 0.456 e. The highest BCUT2D eigenvalue weighted by atomic mass is 79.9. The maximum Gasteiger partial charge on any atom is 0.144 e. The third-order valence-corrected chi connectivity index (χ3v) is 3.85. The molecule has 0 atom stereocenters. The lowest BCUT2D eigenvalue weighted by atomic mass is 10.1. The Morgan fingerprint density at radius 2 is 1.48 bits per heavy atom. The van der Waals surface area contributed by atoms with E-state index in [-0.39, 0.29) is 5.82 Å². The van der Waals surface area contributed by atoms with Gasteiger partial charge in [-0.15, -0.1) is 0 Å². The van der Waals surface area contributed by atoms with Crippen LogP contribution in [0.4, 0.5) is 4.39 Å². The molecule has 0 unspecified atom stereocenters. The maximum absolute atomic E-state index is 13.5. The third kappa shape index (κ3) is 3.14. The fourth-order valence-corrected chi connectivity index (χ4v) is 2.40. The van der Waals surface area contributed by atoms with Crippen LogP contribution in [0.5, 0.6) is 11.5 Å². The highest BCUT2D eigenvalue weighted by molar-refractivity contribution is 9.10. The predicted molar refractivity (Wildman–Crippen MR) is 86.1 cm³/mol. The molecular weight excluding hydrogens is 331 g/mol. The molecule has 104 valence electrons. The molecule has 3 heteroatoms. The van der Waals surface area contributed by atoms with Crippen LogP contribution in [-0.2, 0) is 0 Å². The molecule has 0 aromatic heterocycles. The van der Waals surface area contributed by atoms with Crippen LogP contribution >= 0.6 is 15.9 Å². The van der Waals surface area contributed by atoms with E-state index < -0.39 is 0 Å². The molecule has 0 bridgehead atoms. The molecule has 0 heterocycles. The molecule has 0 fully saturated rings. The van der Waals surface area contributed by atoms with Crippen LogP contribution in [0.1, 0.15) is 0 Å². The topological polar surface area (TPSA) is 9.23 Å². The number of halogens is 2. The maximum atomic E-state index is 13.5. The summed E-state index contributed by atoms with van der Waals surface area (Å²) >= 11 is 3.20. The first-order chi connectivity index (χ1) is 10.2. The van der Waals surface area contributed by atoms with Crippen molar-refractivity contribution in [1.29, 1.82) is 0 Å². The van der Waals surface area contributed by atoms with E-state index in [1.54, 1.807) is 12.1 Å². The second-order valence-electron chi connectivity index (χ2n) is 4.55. The van der Waals surface area contributed by atoms with Gasteiger partial charge in [0.05, 0.1) is 4.47 Å². The van der Waals surface area contributed by atoms with Gasteiger partial charge in [0.1, 0.15) is 17.3 Å². The first kappa shape index (κ1) is 13.8. The van der Waals surface area contributed by atoms with Crippen LogP contribution in [0, 0.1) is 5.82 Å². The van der Waals surface area contributed by atoms with Gasteiger partial charge in [-0.2, -0.15) is 0 Å². The summed E-state index contributed by atoms with van der Waals surface area (Å²) in [7, 11) is 0. The summed E-state index contributed by atoms with van der Waals surface area (Å²) in [6, 6.07) is 22.5. The minimum Gasteiger partial charge on any atom is -0.456 e. The van der Waals surface area contributed by atoms with Crippen LogP contribution in [0.25, 0.3) is 11.1 Å². The highest BCUT2D eigenvalue weighted by Crippen LogP contribution is 2.33. The van der Waals surface area contributed by atoms with Crippen LogP contribution in [-0.4, -0.2) is 0 Å². The summed E-state index contributed by atoms with van der Waals surface area (Å²) in [4.78, 5) is 0. The zero-order valence-corrected chi connectivity index (χ0v) is 12.7. The fraction of sp³-hybridized carbons (Fsp3) is 0. The standard InChI is InChI=1S/C18H12BrFO/c19-18-16(20)10-5-11-17(18)21-15-9-4-8-14(12-15)13-6-2-1-3-7-13/h1-12H. The minimum absolute atomic E-state index is 0.329. The van der Waals surface area contributed by atoms with E-state index in [2.05, 4.69) is 15.9 Å². The Hall–Kier alpha value is -2.13. The van der Waals surface area contributed by atoms with Crippen LogP contribution in [0.3, 0.4) is 0 Å². The van der Waals surface area contributed by atoms with Gasteiger partial charge in [-0.25, -0.2) is 4.39 Å². The molecule has 0 aliphatic carbocycles. The molecule has 0 N–H and O–H groups in total. The minimum atomic E-state index is -0.341. The lowest BCUT2D eigenvalue weighted by Crippen LogP contribution is -1.88. The Morgan fingerprint density at radius 1 is 0.762 bits per heavy atom. The van der Waals surface area contributed by atoms with E-state index in [4.69, 9.17) is 4.74 Å². The zero-order valence-electron chi connectivity index (χ0n) is 11.1. The number of ether oxygens (including phenoxy) is 1. The van der Waals surface area contributed by atoms with E-state index in [0.29, 0.717) is 16.0 Å². The van der Waals surface area contributed by atoms with Crippen LogP contribution < -0.4 is 4.74 Å². The smallest absolute Gasteiger partial charge is 0.144 e. The summed E-state index contributed by atoms with van der Waals surface area (Å²) in [5.41, 5.74) is 2.17. The van der Waals surface area contributed by atoms with Gasteiger partial charge in [-0.3, -0.25) is 0 Å². The van der Waals surface area contributed by atoms with Gasteiger partial charge < -0.3 is 4.74 Å². The molecule has 1 nitrogen and oxygen atoms in total. The molecule has 0 saturated carbocycles. The molecule has 0 spiro atoms. The lowest BCUT2D eigenvalue weighted by Gasteiger charge is -2.09. The number of hydrogen-bond donors (Lipinski definition) is 0. The van der Waals surface area contributed by atoms with Crippen molar-refractivity contribution in [2.75, 3.05) is 0 Å². The van der Waals surface area contributed by atoms with E-state index in [9.17, 15) is 4.39 Å². The molecule has 3 aromatic rings. The van der Waals surface area contributed by atoms with Gasteiger partial charge in [-0.1, -0.05) is 48.5 Å². The molecule has 0 aliphatic rings. The highest BCUT2D eigenvalue weighted by Gasteiger charge is 2.08. The van der Waals surface area contributed by atoms with Gasteiger partial charge in [0, 0.05) is 0 Å². The number of benzene rings is 3. The van der Waals surface area contributed by atoms with Crippen molar-refractivity contribution in [1.82, 2.24) is 0 Å². The average molecular weight is 343 g/mol. The van der Waals surface area contributed by atoms with Crippen LogP contribution in [0.15, 0.2) is 77.3 Å². The number of rotatable bonds is 3. The Balaban J connectivity index is 1.92. The van der Waals surface area contributed by atoms with Crippen molar-refractivity contribution in [3.05, 3.63) is 83.1 Å². The second kappa shape index (κ2) is 6.10. The zero-order chi connectivity index (χ0) is 14.7. The number of hydrogen-bond acceptors (Lipinski definition) is 1. The van der Waals surface area contributed by atoms with Crippen molar-refractivity contribution in [2.45, 2.75) is 0 Å². The van der Waals surface area contributed by atoms with Crippen molar-refractivity contribution >= 4 is 15.9 Å². The van der Waals surface area contributed by atoms with Crippen molar-refractivity contribution in [3.63, 3.8) is 0 Å². The molecule has 21 heavy (non-hydrogen) atoms. The van der Waals surface area contributed by atoms with E-state index in [0.717, 1.165) is 11.1 Å². The molecule has 3 rings (SSSR count). The van der Waals surface area contributed by atoms with Crippen molar-refractivity contribution in [3.8, 4) is 22.6 Å². The first-order valence-corrected chi connectivity index (χ1v) is 7.31. The summed E-state index contributed by atoms with van der Waals surface area (Å²) in [5, 5.41) is 0. The Labute approximate surface area is 131 Å². The lowest BCUT2D eigenvalue weighted by molar-refractivity contribution is 0.472. The van der Waals surface area contributed by atoms with Gasteiger partial charge in [0.25, 0.3) is 0 Å². The summed E-state index contributed by atoms with van der Waals surface area (Å²) in [6.07, 6.45) is 0. The molecule has 0 aliphatic heterocycles. The Kier molecular flexibility index (Phi) is 4.02. The van der Waals surface area contributed by atoms with E-state index >= 15 is 0 Å². The first-order valence-electron chi connectivity index (χ1n) is 6.51. The third-order valence-electron chi connectivity index (χ3n) is 3.09. The van der Waals surface area contributed by atoms with E-state index in [1.807, 2.05) is 54.6 Å². The van der Waals surface area contributed by atoms with Crippen molar-refractivity contribution < 1.29 is 9.13 Å². The predicted octanol–water partition coefficient (Wildman–Crippen LogP) is 6.05. The van der Waals surface area contributed by atoms with Crippen molar-refractivity contribution in [2.24, 2.45) is 0 Å². The molecule has 0 amide bonds. The molecule has 3 aromatic carbocycles. The Bertz CT molecular complexity index is 756.